The van der Waals surface area contributed by atoms with E-state index < -0.39 is 0 Å². The number of fused-ring (bicyclic) bond motifs is 11. The van der Waals surface area contributed by atoms with Crippen LogP contribution in [0.15, 0.2) is 200 Å². The van der Waals surface area contributed by atoms with Gasteiger partial charge in [-0.2, -0.15) is 0 Å². The molecule has 0 bridgehead atoms. The van der Waals surface area contributed by atoms with Gasteiger partial charge in [-0.1, -0.05) is 128 Å². The van der Waals surface area contributed by atoms with Crippen molar-refractivity contribution >= 4 is 65.8 Å². The van der Waals surface area contributed by atoms with Crippen molar-refractivity contribution in [3.8, 4) is 22.5 Å². The maximum absolute atomic E-state index is 2.51. The second-order valence-electron chi connectivity index (χ2n) is 15.4. The predicted molar refractivity (Wildman–Crippen MR) is 236 cm³/mol. The molecule has 1 aliphatic carbocycles. The lowest BCUT2D eigenvalue weighted by Gasteiger charge is -2.28. The molecule has 2 unspecified atom stereocenters. The fourth-order valence-corrected chi connectivity index (χ4v) is 9.91. The van der Waals surface area contributed by atoms with Gasteiger partial charge in [0, 0.05) is 55.6 Å². The normalized spacial score (nSPS) is 16.3. The fraction of sp³-hybridized carbons (Fsp3) is 0.0566. The molecule has 8 aromatic carbocycles. The first kappa shape index (κ1) is 31.3. The first-order valence-corrected chi connectivity index (χ1v) is 19.6. The van der Waals surface area contributed by atoms with Gasteiger partial charge in [0.15, 0.2) is 0 Å². The van der Waals surface area contributed by atoms with Gasteiger partial charge in [0.05, 0.1) is 27.8 Å². The van der Waals surface area contributed by atoms with Crippen molar-refractivity contribution in [1.29, 1.82) is 0 Å². The molecule has 10 aromatic rings. The summed E-state index contributed by atoms with van der Waals surface area (Å²) < 4.78 is 4.90. The van der Waals surface area contributed by atoms with Crippen LogP contribution < -0.4 is 4.90 Å². The molecule has 0 fully saturated rings. The van der Waals surface area contributed by atoms with E-state index in [4.69, 9.17) is 0 Å². The van der Waals surface area contributed by atoms with Crippen LogP contribution >= 0.6 is 0 Å². The van der Waals surface area contributed by atoms with E-state index in [1.807, 2.05) is 0 Å². The average Bonchev–Trinajstić information content (AvgIpc) is 3.89. The molecule has 3 heterocycles. The van der Waals surface area contributed by atoms with Gasteiger partial charge in [0.1, 0.15) is 0 Å². The summed E-state index contributed by atoms with van der Waals surface area (Å²) >= 11 is 0. The van der Waals surface area contributed by atoms with Crippen molar-refractivity contribution < 1.29 is 0 Å². The molecule has 1 aliphatic heterocycles. The average molecular weight is 716 g/mol. The van der Waals surface area contributed by atoms with Crippen LogP contribution in [0.2, 0.25) is 0 Å². The van der Waals surface area contributed by atoms with Gasteiger partial charge in [-0.25, -0.2) is 0 Å². The van der Waals surface area contributed by atoms with E-state index in [0.29, 0.717) is 5.92 Å². The summed E-state index contributed by atoms with van der Waals surface area (Å²) in [5.74, 6) is 0.670. The number of hydrogen-bond donors (Lipinski definition) is 0. The van der Waals surface area contributed by atoms with E-state index in [1.165, 1.54) is 93.8 Å². The highest BCUT2D eigenvalue weighted by Gasteiger charge is 2.38. The Labute approximate surface area is 325 Å². The molecule has 3 nitrogen and oxygen atoms in total. The molecule has 0 radical (unpaired) electrons. The van der Waals surface area contributed by atoms with Crippen molar-refractivity contribution in [2.75, 3.05) is 4.90 Å². The maximum atomic E-state index is 2.51. The minimum Gasteiger partial charge on any atom is -0.313 e. The zero-order valence-electron chi connectivity index (χ0n) is 31.0. The summed E-state index contributed by atoms with van der Waals surface area (Å²) in [5.41, 5.74) is 14.9. The third-order valence-corrected chi connectivity index (χ3v) is 12.3. The van der Waals surface area contributed by atoms with Crippen molar-refractivity contribution in [1.82, 2.24) is 9.13 Å². The summed E-state index contributed by atoms with van der Waals surface area (Å²) in [4.78, 5) is 2.51. The molecule has 56 heavy (non-hydrogen) atoms. The number of benzene rings is 8. The van der Waals surface area contributed by atoms with Gasteiger partial charge in [-0.15, -0.1) is 0 Å². The van der Waals surface area contributed by atoms with Crippen LogP contribution in [0.1, 0.15) is 18.4 Å². The number of hydrogen-bond acceptors (Lipinski definition) is 1. The first-order valence-electron chi connectivity index (χ1n) is 19.6. The molecule has 3 heteroatoms. The topological polar surface area (TPSA) is 13.1 Å². The second kappa shape index (κ2) is 11.9. The summed E-state index contributed by atoms with van der Waals surface area (Å²) in [5, 5.41) is 7.58. The van der Waals surface area contributed by atoms with E-state index in [2.05, 4.69) is 215 Å². The largest absolute Gasteiger partial charge is 0.313 e. The van der Waals surface area contributed by atoms with Crippen LogP contribution in [0.5, 0.6) is 0 Å². The third-order valence-electron chi connectivity index (χ3n) is 12.3. The lowest BCUT2D eigenvalue weighted by molar-refractivity contribution is 0.619. The van der Waals surface area contributed by atoms with Crippen LogP contribution in [0.25, 0.3) is 76.9 Å². The molecule has 2 aromatic heterocycles. The van der Waals surface area contributed by atoms with Crippen molar-refractivity contribution in [2.24, 2.45) is 5.92 Å². The lowest BCUT2D eigenvalue weighted by Crippen LogP contribution is -2.18. The zero-order chi connectivity index (χ0) is 36.9. The Kier molecular flexibility index (Phi) is 6.67. The number of nitrogens with zero attached hydrogens (tertiary/aromatic N) is 3. The molecule has 264 valence electrons. The Morgan fingerprint density at radius 3 is 1.96 bits per heavy atom. The second-order valence-corrected chi connectivity index (χ2v) is 15.4. The molecule has 0 spiro atoms. The lowest BCUT2D eigenvalue weighted by atomic mass is 9.83. The highest BCUT2D eigenvalue weighted by atomic mass is 15.2. The number of rotatable bonds is 4. The van der Waals surface area contributed by atoms with Gasteiger partial charge in [0.25, 0.3) is 0 Å². The van der Waals surface area contributed by atoms with Gasteiger partial charge >= 0.3 is 0 Å². The minimum absolute atomic E-state index is 0.285. The molecular weight excluding hydrogens is 679 g/mol. The summed E-state index contributed by atoms with van der Waals surface area (Å²) in [6, 6.07) is 64.8. The van der Waals surface area contributed by atoms with Gasteiger partial charge in [-0.3, -0.25) is 0 Å². The Hall–Kier alpha value is -7.10. The predicted octanol–water partition coefficient (Wildman–Crippen LogP) is 14.0. The zero-order valence-corrected chi connectivity index (χ0v) is 31.0. The van der Waals surface area contributed by atoms with Crippen LogP contribution in [-0.2, 0) is 0 Å². The van der Waals surface area contributed by atoms with Crippen LogP contribution in [0, 0.1) is 5.92 Å². The van der Waals surface area contributed by atoms with Gasteiger partial charge in [0.2, 0.25) is 0 Å². The Morgan fingerprint density at radius 2 is 1.12 bits per heavy atom. The maximum Gasteiger partial charge on any atom is 0.0641 e. The molecule has 12 rings (SSSR count). The van der Waals surface area contributed by atoms with Gasteiger partial charge in [-0.05, 0) is 101 Å². The molecule has 0 saturated carbocycles. The highest BCUT2D eigenvalue weighted by Crippen LogP contribution is 2.54. The Morgan fingerprint density at radius 1 is 0.464 bits per heavy atom. The van der Waals surface area contributed by atoms with E-state index in [1.54, 1.807) is 0 Å². The summed E-state index contributed by atoms with van der Waals surface area (Å²) in [7, 11) is 0. The molecular formula is C53H37N3. The first-order chi connectivity index (χ1) is 27.7. The van der Waals surface area contributed by atoms with E-state index in [-0.39, 0.29) is 5.92 Å². The Balaban J connectivity index is 1.09. The van der Waals surface area contributed by atoms with Crippen LogP contribution in [0.4, 0.5) is 11.4 Å². The van der Waals surface area contributed by atoms with E-state index >= 15 is 0 Å². The SMILES string of the molecule is CC1C=CC=C2C1c1cc(-c3ccc4c(c3)c3ccc5c(c6ccccc6n5-c5ccccc5)c3n4-c3ccccc3)ccc1N2c1cccc2ccccc12. The Bertz CT molecular complexity index is 3260. The summed E-state index contributed by atoms with van der Waals surface area (Å²) in [6.07, 6.45) is 6.93. The highest BCUT2D eigenvalue weighted by molar-refractivity contribution is 6.26. The quantitative estimate of drug-likeness (QED) is 0.177. The number of allylic oxidation sites excluding steroid dienone is 4. The van der Waals surface area contributed by atoms with Crippen molar-refractivity contribution in [3.05, 3.63) is 205 Å². The van der Waals surface area contributed by atoms with Crippen molar-refractivity contribution in [2.45, 2.75) is 12.8 Å². The fourth-order valence-electron chi connectivity index (χ4n) is 9.91. The molecule has 0 amide bonds. The third kappa shape index (κ3) is 4.40. The number of para-hydroxylation sites is 3. The van der Waals surface area contributed by atoms with Crippen LogP contribution in [0.3, 0.4) is 0 Å². The molecule has 0 saturated heterocycles. The number of anilines is 2. The smallest absolute Gasteiger partial charge is 0.0641 e. The number of aromatic nitrogens is 2. The van der Waals surface area contributed by atoms with E-state index in [9.17, 15) is 0 Å². The molecule has 2 aliphatic rings. The monoisotopic (exact) mass is 715 g/mol. The van der Waals surface area contributed by atoms with Gasteiger partial charge < -0.3 is 14.0 Å². The standard InChI is InChI=1S/C53H37N3/c1-34-14-12-25-49-51(34)44-33-37(27-30-48(44)56(49)45-24-13-16-35-15-8-9-21-40(35)45)36-26-29-47-43(32-36)41-28-31-50-52(53(41)55(47)39-19-6-3-7-20-39)42-22-10-11-23-46(42)54(50)38-17-4-2-5-18-38/h2-34,51H,1H3. The minimum atomic E-state index is 0.285. The molecule has 2 atom stereocenters. The molecule has 0 N–H and O–H groups in total. The van der Waals surface area contributed by atoms with Crippen LogP contribution in [-0.4, -0.2) is 9.13 Å². The van der Waals surface area contributed by atoms with Crippen molar-refractivity contribution in [3.63, 3.8) is 0 Å². The summed E-state index contributed by atoms with van der Waals surface area (Å²) in [6.45, 7) is 2.36. The van der Waals surface area contributed by atoms with E-state index in [0.717, 1.165) is 5.69 Å².